The first-order valence-corrected chi connectivity index (χ1v) is 8.64. The van der Waals surface area contributed by atoms with Crippen LogP contribution >= 0.6 is 0 Å². The highest BCUT2D eigenvalue weighted by atomic mass is 19.1. The highest BCUT2D eigenvalue weighted by Crippen LogP contribution is 2.14. The molecule has 6 heteroatoms. The molecular weight excluding hydrogens is 311 g/mol. The number of ether oxygens (including phenoxy) is 2. The van der Waals surface area contributed by atoms with Crippen LogP contribution in [0.15, 0.2) is 24.3 Å². The van der Waals surface area contributed by atoms with Crippen LogP contribution < -0.4 is 4.74 Å². The predicted octanol–water partition coefficient (Wildman–Crippen LogP) is 1.61. The highest BCUT2D eigenvalue weighted by molar-refractivity contribution is 5.22. The SMILES string of the molecule is CC[C@@H]1CN(C[C@H](O)COc2ccc(F)cc2)CCN1CCOC. The Labute approximate surface area is 144 Å². The Morgan fingerprint density at radius 3 is 2.71 bits per heavy atom. The van der Waals surface area contributed by atoms with Gasteiger partial charge in [-0.2, -0.15) is 0 Å². The molecule has 0 spiro atoms. The molecule has 1 saturated heterocycles. The lowest BCUT2D eigenvalue weighted by atomic mass is 10.1. The molecule has 0 unspecified atom stereocenters. The van der Waals surface area contributed by atoms with Gasteiger partial charge < -0.3 is 14.6 Å². The average molecular weight is 340 g/mol. The van der Waals surface area contributed by atoms with Crippen LogP contribution in [0, 0.1) is 5.82 Å². The maximum absolute atomic E-state index is 12.9. The van der Waals surface area contributed by atoms with Crippen molar-refractivity contribution >= 4 is 0 Å². The molecule has 2 rings (SSSR count). The minimum atomic E-state index is -0.557. The van der Waals surface area contributed by atoms with E-state index in [1.54, 1.807) is 19.2 Å². The van der Waals surface area contributed by atoms with Gasteiger partial charge in [0.1, 0.15) is 24.3 Å². The number of methoxy groups -OCH3 is 1. The molecule has 24 heavy (non-hydrogen) atoms. The van der Waals surface area contributed by atoms with Crippen LogP contribution in [0.2, 0.25) is 0 Å². The molecular formula is C18H29FN2O3. The normalized spacial score (nSPS) is 20.9. The van der Waals surface area contributed by atoms with E-state index in [9.17, 15) is 9.50 Å². The van der Waals surface area contributed by atoms with E-state index in [4.69, 9.17) is 9.47 Å². The lowest BCUT2D eigenvalue weighted by Crippen LogP contribution is -2.55. The fraction of sp³-hybridized carbons (Fsp3) is 0.667. The second-order valence-electron chi connectivity index (χ2n) is 6.27. The Balaban J connectivity index is 1.73. The summed E-state index contributed by atoms with van der Waals surface area (Å²) >= 11 is 0. The quantitative estimate of drug-likeness (QED) is 0.740. The van der Waals surface area contributed by atoms with Crippen LogP contribution in [-0.4, -0.2) is 80.1 Å². The van der Waals surface area contributed by atoms with Crippen LogP contribution in [0.4, 0.5) is 4.39 Å². The molecule has 1 heterocycles. The lowest BCUT2D eigenvalue weighted by Gasteiger charge is -2.41. The second kappa shape index (κ2) is 9.93. The average Bonchev–Trinajstić information content (AvgIpc) is 2.60. The molecule has 1 aromatic rings. The van der Waals surface area contributed by atoms with Gasteiger partial charge in [0.25, 0.3) is 0 Å². The van der Waals surface area contributed by atoms with E-state index in [0.29, 0.717) is 18.3 Å². The predicted molar refractivity (Wildman–Crippen MR) is 91.9 cm³/mol. The van der Waals surface area contributed by atoms with Gasteiger partial charge in [-0.05, 0) is 30.7 Å². The Hall–Kier alpha value is -1.21. The first kappa shape index (κ1) is 19.1. The summed E-state index contributed by atoms with van der Waals surface area (Å²) in [7, 11) is 1.73. The van der Waals surface area contributed by atoms with Crippen molar-refractivity contribution in [2.45, 2.75) is 25.5 Å². The number of aliphatic hydroxyl groups is 1. The highest BCUT2D eigenvalue weighted by Gasteiger charge is 2.26. The molecule has 0 amide bonds. The van der Waals surface area contributed by atoms with Gasteiger partial charge in [-0.1, -0.05) is 6.92 Å². The van der Waals surface area contributed by atoms with Gasteiger partial charge in [-0.25, -0.2) is 4.39 Å². The third kappa shape index (κ3) is 6.02. The molecule has 0 saturated carbocycles. The van der Waals surface area contributed by atoms with Crippen molar-refractivity contribution < 1.29 is 19.0 Å². The summed E-state index contributed by atoms with van der Waals surface area (Å²) in [6.07, 6.45) is 0.528. The third-order valence-corrected chi connectivity index (χ3v) is 4.47. The van der Waals surface area contributed by atoms with Crippen LogP contribution in [0.5, 0.6) is 5.75 Å². The first-order valence-electron chi connectivity index (χ1n) is 8.64. The Bertz CT molecular complexity index is 472. The zero-order chi connectivity index (χ0) is 17.4. The maximum atomic E-state index is 12.9. The molecule has 1 aliphatic heterocycles. The Morgan fingerprint density at radius 2 is 2.04 bits per heavy atom. The van der Waals surface area contributed by atoms with Crippen molar-refractivity contribution in [1.29, 1.82) is 0 Å². The zero-order valence-electron chi connectivity index (χ0n) is 14.7. The van der Waals surface area contributed by atoms with Gasteiger partial charge >= 0.3 is 0 Å². The molecule has 1 N–H and O–H groups in total. The van der Waals surface area contributed by atoms with Gasteiger partial charge in [-0.3, -0.25) is 9.80 Å². The van der Waals surface area contributed by atoms with Crippen molar-refractivity contribution in [2.75, 3.05) is 53.0 Å². The van der Waals surface area contributed by atoms with Gasteiger partial charge in [0.15, 0.2) is 0 Å². The molecule has 0 aromatic heterocycles. The monoisotopic (exact) mass is 340 g/mol. The number of hydrogen-bond donors (Lipinski definition) is 1. The van der Waals surface area contributed by atoms with E-state index in [0.717, 1.165) is 39.2 Å². The van der Waals surface area contributed by atoms with Crippen molar-refractivity contribution in [1.82, 2.24) is 9.80 Å². The molecule has 136 valence electrons. The number of β-amino-alcohol motifs (C(OH)–C–C–N with tert-alkyl or cyclic N) is 1. The minimum Gasteiger partial charge on any atom is -0.491 e. The van der Waals surface area contributed by atoms with E-state index < -0.39 is 6.10 Å². The third-order valence-electron chi connectivity index (χ3n) is 4.47. The Morgan fingerprint density at radius 1 is 1.29 bits per heavy atom. The van der Waals surface area contributed by atoms with Crippen molar-refractivity contribution in [3.63, 3.8) is 0 Å². The number of halogens is 1. The van der Waals surface area contributed by atoms with Crippen LogP contribution in [0.1, 0.15) is 13.3 Å². The summed E-state index contributed by atoms with van der Waals surface area (Å²) < 4.78 is 23.5. The molecule has 0 aliphatic carbocycles. The van der Waals surface area contributed by atoms with E-state index in [1.807, 2.05) is 0 Å². The maximum Gasteiger partial charge on any atom is 0.123 e. The first-order chi connectivity index (χ1) is 11.6. The van der Waals surface area contributed by atoms with Gasteiger partial charge in [0.05, 0.1) is 6.61 Å². The standard InChI is InChI=1S/C18H29FN2O3/c1-3-16-12-20(8-9-21(16)10-11-23-2)13-17(22)14-24-18-6-4-15(19)5-7-18/h4-7,16-17,22H,3,8-14H2,1-2H3/t16-,17+/m1/s1. The Kier molecular flexibility index (Phi) is 7.91. The second-order valence-corrected chi connectivity index (χ2v) is 6.27. The summed E-state index contributed by atoms with van der Waals surface area (Å²) in [6.45, 7) is 7.60. The molecule has 1 aliphatic rings. The minimum absolute atomic E-state index is 0.215. The van der Waals surface area contributed by atoms with Crippen molar-refractivity contribution in [3.8, 4) is 5.75 Å². The largest absolute Gasteiger partial charge is 0.491 e. The van der Waals surface area contributed by atoms with Crippen LogP contribution in [-0.2, 0) is 4.74 Å². The number of hydrogen-bond acceptors (Lipinski definition) is 5. The van der Waals surface area contributed by atoms with Gasteiger partial charge in [0, 0.05) is 45.9 Å². The summed E-state index contributed by atoms with van der Waals surface area (Å²) in [6, 6.07) is 6.35. The summed E-state index contributed by atoms with van der Waals surface area (Å²) in [5.74, 6) is 0.283. The lowest BCUT2D eigenvalue weighted by molar-refractivity contribution is 0.0148. The number of benzene rings is 1. The van der Waals surface area contributed by atoms with Crippen molar-refractivity contribution in [3.05, 3.63) is 30.1 Å². The molecule has 0 bridgehead atoms. The number of piperazine rings is 1. The van der Waals surface area contributed by atoms with E-state index in [-0.39, 0.29) is 12.4 Å². The van der Waals surface area contributed by atoms with E-state index in [2.05, 4.69) is 16.7 Å². The van der Waals surface area contributed by atoms with E-state index >= 15 is 0 Å². The van der Waals surface area contributed by atoms with Crippen LogP contribution in [0.3, 0.4) is 0 Å². The number of nitrogens with zero attached hydrogens (tertiary/aromatic N) is 2. The fourth-order valence-corrected chi connectivity index (χ4v) is 3.09. The molecule has 0 radical (unpaired) electrons. The summed E-state index contributed by atoms with van der Waals surface area (Å²) in [4.78, 5) is 4.75. The summed E-state index contributed by atoms with van der Waals surface area (Å²) in [5.41, 5.74) is 0. The zero-order valence-corrected chi connectivity index (χ0v) is 14.7. The number of rotatable bonds is 9. The molecule has 1 fully saturated rings. The van der Waals surface area contributed by atoms with Gasteiger partial charge in [-0.15, -0.1) is 0 Å². The van der Waals surface area contributed by atoms with E-state index in [1.165, 1.54) is 12.1 Å². The van der Waals surface area contributed by atoms with Gasteiger partial charge in [0.2, 0.25) is 0 Å². The topological polar surface area (TPSA) is 45.2 Å². The molecule has 1 aromatic carbocycles. The fourth-order valence-electron chi connectivity index (χ4n) is 3.09. The summed E-state index contributed by atoms with van der Waals surface area (Å²) in [5, 5.41) is 10.2. The molecule has 2 atom stereocenters. The van der Waals surface area contributed by atoms with Crippen LogP contribution in [0.25, 0.3) is 0 Å². The van der Waals surface area contributed by atoms with Crippen molar-refractivity contribution in [2.24, 2.45) is 0 Å². The number of aliphatic hydroxyl groups excluding tert-OH is 1. The molecule has 5 nitrogen and oxygen atoms in total. The smallest absolute Gasteiger partial charge is 0.123 e.